The van der Waals surface area contributed by atoms with E-state index in [1.54, 1.807) is 12.1 Å². The Hall–Kier alpha value is -0.600. The van der Waals surface area contributed by atoms with E-state index in [2.05, 4.69) is 53.1 Å². The molecule has 0 bridgehead atoms. The second kappa shape index (κ2) is 6.53. The number of benzene rings is 1. The van der Waals surface area contributed by atoms with E-state index in [9.17, 15) is 9.59 Å². The number of carbonyl (C=O) groups is 2. The van der Waals surface area contributed by atoms with Crippen molar-refractivity contribution in [3.8, 4) is 0 Å². The van der Waals surface area contributed by atoms with Crippen LogP contribution in [0.1, 0.15) is 0 Å². The summed E-state index contributed by atoms with van der Waals surface area (Å²) in [4.78, 5) is 23.3. The first-order valence-electron chi connectivity index (χ1n) is 4.69. The standard InChI is InChI=1S/C10H9Br3N2O3/c1-15(4-8(16)17)10(18)14-9-6(12)2-5(11)3-7(9)13/h2-3H,4H2,1H3,(H,14,18)(H,16,17). The topological polar surface area (TPSA) is 69.6 Å². The van der Waals surface area contributed by atoms with Crippen LogP contribution in [0.5, 0.6) is 0 Å². The molecule has 0 aliphatic heterocycles. The SMILES string of the molecule is CN(CC(=O)O)C(=O)Nc1c(Br)cc(Br)cc1Br. The molecule has 0 unspecified atom stereocenters. The highest BCUT2D eigenvalue weighted by Gasteiger charge is 2.15. The Morgan fingerprint density at radius 1 is 1.28 bits per heavy atom. The van der Waals surface area contributed by atoms with Gasteiger partial charge in [-0.25, -0.2) is 4.79 Å². The van der Waals surface area contributed by atoms with Gasteiger partial charge in [0.15, 0.2) is 0 Å². The van der Waals surface area contributed by atoms with E-state index < -0.39 is 12.0 Å². The first-order chi connectivity index (χ1) is 8.31. The van der Waals surface area contributed by atoms with E-state index in [-0.39, 0.29) is 6.54 Å². The van der Waals surface area contributed by atoms with Crippen LogP contribution >= 0.6 is 47.8 Å². The van der Waals surface area contributed by atoms with Gasteiger partial charge >= 0.3 is 12.0 Å². The van der Waals surface area contributed by atoms with E-state index in [1.807, 2.05) is 0 Å². The molecule has 1 rings (SSSR count). The third-order valence-corrected chi connectivity index (χ3v) is 3.67. The third kappa shape index (κ3) is 4.25. The van der Waals surface area contributed by atoms with E-state index in [4.69, 9.17) is 5.11 Å². The van der Waals surface area contributed by atoms with Crippen LogP contribution in [0.3, 0.4) is 0 Å². The Bertz CT molecular complexity index is 470. The van der Waals surface area contributed by atoms with Gasteiger partial charge in [0.05, 0.1) is 5.69 Å². The molecule has 18 heavy (non-hydrogen) atoms. The van der Waals surface area contributed by atoms with Crippen LogP contribution in [0.2, 0.25) is 0 Å². The van der Waals surface area contributed by atoms with Crippen molar-refractivity contribution in [2.24, 2.45) is 0 Å². The van der Waals surface area contributed by atoms with Crippen LogP contribution in [0.15, 0.2) is 25.6 Å². The number of aliphatic carboxylic acids is 1. The number of hydrogen-bond donors (Lipinski definition) is 2. The van der Waals surface area contributed by atoms with Crippen molar-refractivity contribution in [3.05, 3.63) is 25.6 Å². The minimum Gasteiger partial charge on any atom is -0.480 e. The van der Waals surface area contributed by atoms with Crippen LogP contribution in [0.25, 0.3) is 0 Å². The number of carboxylic acids is 1. The molecule has 1 aromatic rings. The van der Waals surface area contributed by atoms with Gasteiger partial charge in [-0.2, -0.15) is 0 Å². The quantitative estimate of drug-likeness (QED) is 0.749. The first-order valence-corrected chi connectivity index (χ1v) is 7.07. The lowest BCUT2D eigenvalue weighted by Crippen LogP contribution is -2.35. The Morgan fingerprint density at radius 2 is 1.78 bits per heavy atom. The number of anilines is 1. The third-order valence-electron chi connectivity index (χ3n) is 1.96. The van der Waals surface area contributed by atoms with Crippen LogP contribution < -0.4 is 5.32 Å². The smallest absolute Gasteiger partial charge is 0.323 e. The number of carboxylic acid groups (broad SMARTS) is 1. The monoisotopic (exact) mass is 442 g/mol. The summed E-state index contributed by atoms with van der Waals surface area (Å²) in [7, 11) is 1.41. The Morgan fingerprint density at radius 3 is 2.22 bits per heavy atom. The van der Waals surface area contributed by atoms with Crippen LogP contribution in [0.4, 0.5) is 10.5 Å². The van der Waals surface area contributed by atoms with Gasteiger partial charge < -0.3 is 15.3 Å². The Balaban J connectivity index is 2.85. The van der Waals surface area contributed by atoms with Crippen molar-refractivity contribution in [2.75, 3.05) is 18.9 Å². The summed E-state index contributed by atoms with van der Waals surface area (Å²) in [5, 5.41) is 11.2. The predicted molar refractivity (Wildman–Crippen MR) is 78.8 cm³/mol. The summed E-state index contributed by atoms with van der Waals surface area (Å²) in [5.74, 6) is -1.07. The van der Waals surface area contributed by atoms with E-state index >= 15 is 0 Å². The second-order valence-corrected chi connectivity index (χ2v) is 6.05. The number of halogens is 3. The number of amides is 2. The molecule has 8 heteroatoms. The molecule has 0 saturated heterocycles. The molecule has 0 fully saturated rings. The molecule has 2 amide bonds. The Labute approximate surface area is 129 Å². The summed E-state index contributed by atoms with van der Waals surface area (Å²) in [6.07, 6.45) is 0. The van der Waals surface area contributed by atoms with Gasteiger partial charge in [-0.3, -0.25) is 4.79 Å². The minimum absolute atomic E-state index is 0.363. The maximum Gasteiger partial charge on any atom is 0.323 e. The number of carbonyl (C=O) groups excluding carboxylic acids is 1. The zero-order chi connectivity index (χ0) is 13.9. The van der Waals surface area contributed by atoms with Gasteiger partial charge in [0.1, 0.15) is 6.54 Å². The fourth-order valence-corrected chi connectivity index (χ4v) is 3.60. The van der Waals surface area contributed by atoms with Crippen molar-refractivity contribution in [2.45, 2.75) is 0 Å². The molecule has 2 N–H and O–H groups in total. The highest BCUT2D eigenvalue weighted by molar-refractivity contribution is 9.11. The first kappa shape index (κ1) is 15.5. The average Bonchev–Trinajstić information content (AvgIpc) is 2.21. The van der Waals surface area contributed by atoms with Gasteiger partial charge in [-0.1, -0.05) is 15.9 Å². The summed E-state index contributed by atoms with van der Waals surface area (Å²) in [5.41, 5.74) is 0.542. The maximum atomic E-state index is 11.7. The number of likely N-dealkylation sites (N-methyl/N-ethyl adjacent to an activating group) is 1. The zero-order valence-corrected chi connectivity index (χ0v) is 14.0. The van der Waals surface area contributed by atoms with Crippen LogP contribution in [0, 0.1) is 0 Å². The molecule has 0 aliphatic carbocycles. The molecule has 1 aromatic carbocycles. The van der Waals surface area contributed by atoms with Crippen LogP contribution in [-0.4, -0.2) is 35.6 Å². The normalized spacial score (nSPS) is 10.0. The molecule has 98 valence electrons. The van der Waals surface area contributed by atoms with E-state index in [1.165, 1.54) is 7.05 Å². The van der Waals surface area contributed by atoms with Gasteiger partial charge in [0, 0.05) is 20.5 Å². The summed E-state index contributed by atoms with van der Waals surface area (Å²) in [6, 6.07) is 3.05. The zero-order valence-electron chi connectivity index (χ0n) is 9.21. The number of rotatable bonds is 3. The van der Waals surface area contributed by atoms with Gasteiger partial charge in [0.2, 0.25) is 0 Å². The van der Waals surface area contributed by atoms with E-state index in [0.29, 0.717) is 14.6 Å². The summed E-state index contributed by atoms with van der Waals surface area (Å²) >= 11 is 9.95. The molecule has 0 saturated carbocycles. The van der Waals surface area contributed by atoms with Gasteiger partial charge in [-0.05, 0) is 44.0 Å². The minimum atomic E-state index is -1.07. The number of urea groups is 1. The molecule has 0 spiro atoms. The molecule has 0 aromatic heterocycles. The average molecular weight is 445 g/mol. The fraction of sp³-hybridized carbons (Fsp3) is 0.200. The second-order valence-electron chi connectivity index (χ2n) is 3.42. The molecule has 0 aliphatic rings. The summed E-state index contributed by atoms with van der Waals surface area (Å²) < 4.78 is 2.21. The molecular formula is C10H9Br3N2O3. The van der Waals surface area contributed by atoms with Crippen molar-refractivity contribution < 1.29 is 14.7 Å². The van der Waals surface area contributed by atoms with Crippen molar-refractivity contribution >= 4 is 65.5 Å². The van der Waals surface area contributed by atoms with Gasteiger partial charge in [0.25, 0.3) is 0 Å². The van der Waals surface area contributed by atoms with Crippen molar-refractivity contribution in [1.29, 1.82) is 0 Å². The predicted octanol–water partition coefficient (Wildman–Crippen LogP) is 3.52. The van der Waals surface area contributed by atoms with Gasteiger partial charge in [-0.15, -0.1) is 0 Å². The largest absolute Gasteiger partial charge is 0.480 e. The highest BCUT2D eigenvalue weighted by Crippen LogP contribution is 2.34. The molecule has 0 atom stereocenters. The highest BCUT2D eigenvalue weighted by atomic mass is 79.9. The number of nitrogens with one attached hydrogen (secondary N) is 1. The lowest BCUT2D eigenvalue weighted by molar-refractivity contribution is -0.137. The van der Waals surface area contributed by atoms with Crippen LogP contribution in [-0.2, 0) is 4.79 Å². The lowest BCUT2D eigenvalue weighted by atomic mass is 10.3. The maximum absolute atomic E-state index is 11.7. The lowest BCUT2D eigenvalue weighted by Gasteiger charge is -2.17. The Kier molecular flexibility index (Phi) is 5.61. The molecule has 5 nitrogen and oxygen atoms in total. The van der Waals surface area contributed by atoms with Crippen molar-refractivity contribution in [1.82, 2.24) is 4.90 Å². The number of hydrogen-bond acceptors (Lipinski definition) is 2. The fourth-order valence-electron chi connectivity index (χ4n) is 1.14. The summed E-state index contributed by atoms with van der Waals surface area (Å²) in [6.45, 7) is -0.363. The van der Waals surface area contributed by atoms with Crippen molar-refractivity contribution in [3.63, 3.8) is 0 Å². The number of nitrogens with zero attached hydrogens (tertiary/aromatic N) is 1. The molecular weight excluding hydrogens is 436 g/mol. The van der Waals surface area contributed by atoms with E-state index in [0.717, 1.165) is 9.37 Å². The molecule has 0 heterocycles. The molecule has 0 radical (unpaired) electrons.